The van der Waals surface area contributed by atoms with Gasteiger partial charge < -0.3 is 5.43 Å². The van der Waals surface area contributed by atoms with Crippen LogP contribution in [0.25, 0.3) is 12.4 Å². The largest absolute Gasteiger partial charge is 0.305 e. The zero-order valence-electron chi connectivity index (χ0n) is 9.98. The first-order valence-electron chi connectivity index (χ1n) is 5.82. The molecule has 2 heterocycles. The fourth-order valence-corrected chi connectivity index (χ4v) is 2.48. The van der Waals surface area contributed by atoms with Crippen molar-refractivity contribution in [2.45, 2.75) is 6.54 Å². The minimum Gasteiger partial charge on any atom is -0.305 e. The molecule has 0 radical (unpaired) electrons. The van der Waals surface area contributed by atoms with Crippen LogP contribution in [0.3, 0.4) is 0 Å². The summed E-state index contributed by atoms with van der Waals surface area (Å²) in [5.41, 5.74) is 4.36. The first-order valence-corrected chi connectivity index (χ1v) is 7.00. The second-order valence-electron chi connectivity index (χ2n) is 4.27. The standard InChI is InChI=1S/C14H11BrClN3/c15-14-5-4-11-7-17-19(9-13(11)18-14)8-10-2-1-3-12(16)6-10/h1-7,9,17H,8H2. The second-order valence-corrected chi connectivity index (χ2v) is 5.52. The van der Waals surface area contributed by atoms with Gasteiger partial charge in [0.1, 0.15) is 4.60 Å². The highest BCUT2D eigenvalue weighted by Crippen LogP contribution is 2.12. The number of hydrogen-bond donors (Lipinski definition) is 1. The lowest BCUT2D eigenvalue weighted by Gasteiger charge is -2.22. The lowest BCUT2D eigenvalue weighted by molar-refractivity contribution is 0.352. The van der Waals surface area contributed by atoms with E-state index in [0.29, 0.717) is 0 Å². The highest BCUT2D eigenvalue weighted by atomic mass is 79.9. The Morgan fingerprint density at radius 3 is 3.00 bits per heavy atom. The number of nitrogens with zero attached hydrogens (tertiary/aromatic N) is 2. The van der Waals surface area contributed by atoms with Crippen molar-refractivity contribution in [1.29, 1.82) is 0 Å². The number of benzene rings is 1. The van der Waals surface area contributed by atoms with Crippen LogP contribution in [0.5, 0.6) is 0 Å². The van der Waals surface area contributed by atoms with E-state index in [1.54, 1.807) is 0 Å². The number of halogens is 2. The molecule has 0 unspecified atom stereocenters. The minimum atomic E-state index is 0.727. The molecule has 1 aliphatic rings. The molecule has 5 heteroatoms. The Labute approximate surface area is 124 Å². The summed E-state index contributed by atoms with van der Waals surface area (Å²) >= 11 is 9.37. The van der Waals surface area contributed by atoms with E-state index >= 15 is 0 Å². The van der Waals surface area contributed by atoms with Crippen LogP contribution in [-0.2, 0) is 6.54 Å². The Hall–Kier alpha value is -1.52. The average molecular weight is 337 g/mol. The number of rotatable bonds is 2. The molecule has 0 atom stereocenters. The van der Waals surface area contributed by atoms with Gasteiger partial charge >= 0.3 is 0 Å². The Balaban J connectivity index is 1.89. The van der Waals surface area contributed by atoms with E-state index in [0.717, 1.165) is 32.3 Å². The number of fused-ring (bicyclic) bond motifs is 1. The fraction of sp³-hybridized carbons (Fsp3) is 0.0714. The molecule has 0 saturated heterocycles. The zero-order chi connectivity index (χ0) is 13.2. The van der Waals surface area contributed by atoms with Gasteiger partial charge in [0, 0.05) is 22.6 Å². The van der Waals surface area contributed by atoms with Crippen LogP contribution < -0.4 is 16.0 Å². The van der Waals surface area contributed by atoms with Crippen molar-refractivity contribution in [1.82, 2.24) is 15.4 Å². The number of hydrazine groups is 1. The van der Waals surface area contributed by atoms with Crippen molar-refractivity contribution in [3.8, 4) is 0 Å². The van der Waals surface area contributed by atoms with Crippen LogP contribution >= 0.6 is 27.5 Å². The average Bonchev–Trinajstić information content (AvgIpc) is 2.38. The van der Waals surface area contributed by atoms with Gasteiger partial charge in [-0.15, -0.1) is 0 Å². The van der Waals surface area contributed by atoms with E-state index in [1.807, 2.05) is 53.8 Å². The summed E-state index contributed by atoms with van der Waals surface area (Å²) < 4.78 is 0.834. The van der Waals surface area contributed by atoms with Crippen LogP contribution in [0.4, 0.5) is 0 Å². The highest BCUT2D eigenvalue weighted by molar-refractivity contribution is 9.10. The Morgan fingerprint density at radius 1 is 1.26 bits per heavy atom. The van der Waals surface area contributed by atoms with E-state index < -0.39 is 0 Å². The monoisotopic (exact) mass is 335 g/mol. The summed E-state index contributed by atoms with van der Waals surface area (Å²) in [7, 11) is 0. The van der Waals surface area contributed by atoms with Gasteiger partial charge in [0.2, 0.25) is 0 Å². The zero-order valence-corrected chi connectivity index (χ0v) is 12.3. The molecule has 2 aromatic rings. The van der Waals surface area contributed by atoms with E-state index in [1.165, 1.54) is 0 Å². The SMILES string of the molecule is Clc1cccc(CN2C=c3nc(Br)ccc3=CN2)c1. The molecule has 96 valence electrons. The summed E-state index contributed by atoms with van der Waals surface area (Å²) in [6, 6.07) is 11.8. The van der Waals surface area contributed by atoms with Crippen LogP contribution in [-0.4, -0.2) is 9.99 Å². The maximum absolute atomic E-state index is 5.99. The smallest absolute Gasteiger partial charge is 0.106 e. The second kappa shape index (κ2) is 5.23. The molecule has 0 spiro atoms. The van der Waals surface area contributed by atoms with Gasteiger partial charge in [-0.1, -0.05) is 23.7 Å². The maximum atomic E-state index is 5.99. The van der Waals surface area contributed by atoms with Crippen molar-refractivity contribution >= 4 is 39.9 Å². The fourth-order valence-electron chi connectivity index (χ4n) is 1.95. The molecule has 0 saturated carbocycles. The van der Waals surface area contributed by atoms with Crippen molar-refractivity contribution in [3.63, 3.8) is 0 Å². The first kappa shape index (κ1) is 12.5. The van der Waals surface area contributed by atoms with Crippen LogP contribution in [0.2, 0.25) is 5.02 Å². The Morgan fingerprint density at radius 2 is 2.16 bits per heavy atom. The summed E-state index contributed by atoms with van der Waals surface area (Å²) in [6.45, 7) is 0.727. The molecule has 1 aromatic carbocycles. The number of aromatic nitrogens is 1. The number of pyridine rings is 1. The molecular weight excluding hydrogens is 326 g/mol. The molecule has 3 rings (SSSR count). The predicted octanol–water partition coefficient (Wildman–Crippen LogP) is 1.99. The molecule has 0 bridgehead atoms. The highest BCUT2D eigenvalue weighted by Gasteiger charge is 2.05. The number of nitrogens with one attached hydrogen (secondary N) is 1. The topological polar surface area (TPSA) is 28.2 Å². The van der Waals surface area contributed by atoms with Gasteiger partial charge in [-0.2, -0.15) is 0 Å². The molecule has 0 amide bonds. The summed E-state index contributed by atoms with van der Waals surface area (Å²) in [6.07, 6.45) is 3.93. The van der Waals surface area contributed by atoms with Crippen molar-refractivity contribution in [3.05, 3.63) is 62.2 Å². The van der Waals surface area contributed by atoms with Gasteiger partial charge in [0.15, 0.2) is 0 Å². The minimum absolute atomic E-state index is 0.727. The van der Waals surface area contributed by atoms with Gasteiger partial charge in [0.25, 0.3) is 0 Å². The molecule has 3 nitrogen and oxygen atoms in total. The molecule has 0 aliphatic carbocycles. The molecule has 1 N–H and O–H groups in total. The predicted molar refractivity (Wildman–Crippen MR) is 80.2 cm³/mol. The normalized spacial score (nSPS) is 13.1. The van der Waals surface area contributed by atoms with Gasteiger partial charge in [0.05, 0.1) is 11.9 Å². The number of hydrogen-bond acceptors (Lipinski definition) is 3. The third-order valence-electron chi connectivity index (χ3n) is 2.83. The van der Waals surface area contributed by atoms with E-state index in [2.05, 4.69) is 26.3 Å². The van der Waals surface area contributed by atoms with Gasteiger partial charge in [-0.3, -0.25) is 5.01 Å². The van der Waals surface area contributed by atoms with Crippen molar-refractivity contribution < 1.29 is 0 Å². The van der Waals surface area contributed by atoms with E-state index in [4.69, 9.17) is 11.6 Å². The third kappa shape index (κ3) is 2.91. The summed E-state index contributed by atoms with van der Waals surface area (Å²) in [4.78, 5) is 4.45. The lowest BCUT2D eigenvalue weighted by atomic mass is 10.2. The Kier molecular flexibility index (Phi) is 3.44. The molecule has 1 aliphatic heterocycles. The summed E-state index contributed by atoms with van der Waals surface area (Å²) in [5, 5.41) is 4.74. The molecule has 0 fully saturated rings. The summed E-state index contributed by atoms with van der Waals surface area (Å²) in [5.74, 6) is 0. The lowest BCUT2D eigenvalue weighted by Crippen LogP contribution is -2.43. The third-order valence-corrected chi connectivity index (χ3v) is 3.51. The van der Waals surface area contributed by atoms with Crippen LogP contribution in [0.15, 0.2) is 41.0 Å². The van der Waals surface area contributed by atoms with Crippen molar-refractivity contribution in [2.24, 2.45) is 0 Å². The maximum Gasteiger partial charge on any atom is 0.106 e. The first-order chi connectivity index (χ1) is 9.20. The van der Waals surface area contributed by atoms with Crippen molar-refractivity contribution in [2.75, 3.05) is 0 Å². The van der Waals surface area contributed by atoms with Crippen LogP contribution in [0, 0.1) is 0 Å². The van der Waals surface area contributed by atoms with E-state index in [9.17, 15) is 0 Å². The van der Waals surface area contributed by atoms with Crippen LogP contribution in [0.1, 0.15) is 5.56 Å². The molecular formula is C14H11BrClN3. The molecule has 1 aromatic heterocycles. The Bertz CT molecular complexity index is 730. The molecule has 19 heavy (non-hydrogen) atoms. The van der Waals surface area contributed by atoms with Gasteiger partial charge in [-0.25, -0.2) is 4.98 Å². The quantitative estimate of drug-likeness (QED) is 0.850. The van der Waals surface area contributed by atoms with Gasteiger partial charge in [-0.05, 0) is 45.8 Å². The van der Waals surface area contributed by atoms with E-state index in [-0.39, 0.29) is 0 Å².